The van der Waals surface area contributed by atoms with Gasteiger partial charge < -0.3 is 0 Å². The van der Waals surface area contributed by atoms with E-state index in [1.165, 1.54) is 17.1 Å². The quantitative estimate of drug-likeness (QED) is 0.627. The molecule has 0 fully saturated rings. The van der Waals surface area contributed by atoms with Crippen LogP contribution in [0.15, 0.2) is 30.9 Å². The van der Waals surface area contributed by atoms with E-state index >= 15 is 0 Å². The summed E-state index contributed by atoms with van der Waals surface area (Å²) in [4.78, 5) is 7.92. The van der Waals surface area contributed by atoms with Crippen molar-refractivity contribution in [3.8, 4) is 12.0 Å². The molecule has 0 N–H and O–H groups in total. The zero-order valence-electron chi connectivity index (χ0n) is 6.62. The van der Waals surface area contributed by atoms with Crippen LogP contribution in [0.2, 0.25) is 0 Å². The number of aromatic nitrogens is 4. The van der Waals surface area contributed by atoms with Gasteiger partial charge in [0.25, 0.3) is 5.95 Å². The molecule has 62 valence electrons. The molecule has 2 rings (SSSR count). The Balaban J connectivity index is 2.40. The summed E-state index contributed by atoms with van der Waals surface area (Å²) in [5.41, 5.74) is 0.441. The molecular weight excluding hydrogens is 166 g/mol. The molecule has 0 aliphatic heterocycles. The van der Waals surface area contributed by atoms with Crippen LogP contribution in [-0.4, -0.2) is 19.7 Å². The predicted molar refractivity (Wildman–Crippen MR) is 43.9 cm³/mol. The molecule has 0 unspecified atom stereocenters. The van der Waals surface area contributed by atoms with Crippen LogP contribution in [0.3, 0.4) is 0 Å². The molecule has 0 saturated carbocycles. The smallest absolute Gasteiger partial charge is 0.218 e. The Morgan fingerprint density at radius 2 is 2.08 bits per heavy atom. The summed E-state index contributed by atoms with van der Waals surface area (Å²) in [6.07, 6.45) is 6.30. The second-order valence-electron chi connectivity index (χ2n) is 2.33. The Morgan fingerprint density at radius 3 is 2.62 bits per heavy atom. The number of hydrogen-bond acceptors (Lipinski definition) is 4. The van der Waals surface area contributed by atoms with Crippen molar-refractivity contribution < 1.29 is 0 Å². The Morgan fingerprint density at radius 1 is 1.31 bits per heavy atom. The lowest BCUT2D eigenvalue weighted by Gasteiger charge is -1.96. The third-order valence-electron chi connectivity index (χ3n) is 1.48. The highest BCUT2D eigenvalue weighted by atomic mass is 15.3. The molecule has 0 radical (unpaired) electrons. The molecule has 2 heterocycles. The van der Waals surface area contributed by atoms with Crippen LogP contribution >= 0.6 is 0 Å². The minimum atomic E-state index is 0.441. The fourth-order valence-corrected chi connectivity index (χ4v) is 0.884. The molecule has 13 heavy (non-hydrogen) atoms. The summed E-state index contributed by atoms with van der Waals surface area (Å²) in [5, 5.41) is 12.5. The van der Waals surface area contributed by atoms with Crippen molar-refractivity contribution in [2.75, 3.05) is 0 Å². The average Bonchev–Trinajstić information content (AvgIpc) is 2.71. The van der Waals surface area contributed by atoms with Gasteiger partial charge in [-0.2, -0.15) is 10.4 Å². The van der Waals surface area contributed by atoms with Crippen molar-refractivity contribution >= 4 is 0 Å². The van der Waals surface area contributed by atoms with E-state index in [1.807, 2.05) is 6.07 Å². The van der Waals surface area contributed by atoms with Crippen LogP contribution in [0, 0.1) is 11.3 Å². The molecule has 2 aromatic heterocycles. The largest absolute Gasteiger partial charge is 0.250 e. The van der Waals surface area contributed by atoms with E-state index < -0.39 is 0 Å². The van der Waals surface area contributed by atoms with Crippen LogP contribution < -0.4 is 0 Å². The summed E-state index contributed by atoms with van der Waals surface area (Å²) in [5.74, 6) is 0.462. The Kier molecular flexibility index (Phi) is 1.73. The van der Waals surface area contributed by atoms with E-state index in [9.17, 15) is 0 Å². The highest BCUT2D eigenvalue weighted by Crippen LogP contribution is 1.98. The van der Waals surface area contributed by atoms with Crippen LogP contribution in [-0.2, 0) is 0 Å². The first-order valence-corrected chi connectivity index (χ1v) is 3.62. The van der Waals surface area contributed by atoms with Gasteiger partial charge in [0.1, 0.15) is 6.07 Å². The van der Waals surface area contributed by atoms with Gasteiger partial charge in [0.15, 0.2) is 0 Å². The molecule has 0 amide bonds. The molecule has 5 heteroatoms. The minimum Gasteiger partial charge on any atom is -0.218 e. The molecule has 0 spiro atoms. The third kappa shape index (κ3) is 1.37. The number of hydrogen-bond donors (Lipinski definition) is 0. The van der Waals surface area contributed by atoms with Crippen molar-refractivity contribution in [3.63, 3.8) is 0 Å². The van der Waals surface area contributed by atoms with Crippen molar-refractivity contribution in [1.29, 1.82) is 5.26 Å². The van der Waals surface area contributed by atoms with E-state index in [4.69, 9.17) is 5.26 Å². The van der Waals surface area contributed by atoms with Gasteiger partial charge in [0.2, 0.25) is 0 Å². The van der Waals surface area contributed by atoms with E-state index in [-0.39, 0.29) is 0 Å². The molecule has 2 aromatic rings. The zero-order valence-corrected chi connectivity index (χ0v) is 6.62. The normalized spacial score (nSPS) is 9.46. The molecular formula is C8H5N5. The molecule has 0 aliphatic carbocycles. The summed E-state index contributed by atoms with van der Waals surface area (Å²) >= 11 is 0. The molecule has 5 nitrogen and oxygen atoms in total. The zero-order chi connectivity index (χ0) is 9.10. The van der Waals surface area contributed by atoms with Crippen molar-refractivity contribution in [2.24, 2.45) is 0 Å². The van der Waals surface area contributed by atoms with Crippen molar-refractivity contribution in [1.82, 2.24) is 19.7 Å². The predicted octanol–water partition coefficient (Wildman–Crippen LogP) is 0.534. The molecule has 0 saturated heterocycles. The van der Waals surface area contributed by atoms with E-state index in [0.717, 1.165) is 0 Å². The molecule has 0 aromatic carbocycles. The van der Waals surface area contributed by atoms with Crippen molar-refractivity contribution in [3.05, 3.63) is 36.4 Å². The molecule has 0 aliphatic rings. The topological polar surface area (TPSA) is 67.4 Å². The number of rotatable bonds is 1. The van der Waals surface area contributed by atoms with Gasteiger partial charge >= 0.3 is 0 Å². The first kappa shape index (κ1) is 7.43. The Labute approximate surface area is 74.3 Å². The highest BCUT2D eigenvalue weighted by Gasteiger charge is 1.98. The van der Waals surface area contributed by atoms with Gasteiger partial charge in [-0.3, -0.25) is 0 Å². The van der Waals surface area contributed by atoms with Crippen molar-refractivity contribution in [2.45, 2.75) is 0 Å². The number of nitriles is 1. The SMILES string of the molecule is N#Cc1cnc(-n2cccn2)nc1. The standard InChI is InChI=1S/C8H5N5/c9-4-7-5-10-8(11-6-7)13-3-1-2-12-13/h1-3,5-6H. The van der Waals surface area contributed by atoms with Gasteiger partial charge in [-0.15, -0.1) is 0 Å². The summed E-state index contributed by atoms with van der Waals surface area (Å²) in [6, 6.07) is 3.72. The van der Waals surface area contributed by atoms with E-state index in [0.29, 0.717) is 11.5 Å². The second-order valence-corrected chi connectivity index (χ2v) is 2.33. The van der Waals surface area contributed by atoms with Crippen LogP contribution in [0.1, 0.15) is 5.56 Å². The lowest BCUT2D eigenvalue weighted by atomic mass is 10.4. The maximum Gasteiger partial charge on any atom is 0.250 e. The van der Waals surface area contributed by atoms with E-state index in [2.05, 4.69) is 15.1 Å². The lowest BCUT2D eigenvalue weighted by Crippen LogP contribution is -2.00. The van der Waals surface area contributed by atoms with Crippen LogP contribution in [0.4, 0.5) is 0 Å². The number of nitrogens with zero attached hydrogens (tertiary/aromatic N) is 5. The maximum atomic E-state index is 8.51. The maximum absolute atomic E-state index is 8.51. The molecule has 0 atom stereocenters. The van der Waals surface area contributed by atoms with Crippen LogP contribution in [0.25, 0.3) is 5.95 Å². The minimum absolute atomic E-state index is 0.441. The monoisotopic (exact) mass is 171 g/mol. The molecule has 0 bridgehead atoms. The fraction of sp³-hybridized carbons (Fsp3) is 0. The third-order valence-corrected chi connectivity index (χ3v) is 1.48. The first-order valence-electron chi connectivity index (χ1n) is 3.62. The van der Waals surface area contributed by atoms with E-state index in [1.54, 1.807) is 18.5 Å². The summed E-state index contributed by atoms with van der Waals surface area (Å²) < 4.78 is 1.53. The Hall–Kier alpha value is -2.22. The van der Waals surface area contributed by atoms with Gasteiger partial charge in [0, 0.05) is 12.4 Å². The van der Waals surface area contributed by atoms with Gasteiger partial charge in [-0.05, 0) is 6.07 Å². The fourth-order valence-electron chi connectivity index (χ4n) is 0.884. The first-order chi connectivity index (χ1) is 6.40. The lowest BCUT2D eigenvalue weighted by molar-refractivity contribution is 0.807. The van der Waals surface area contributed by atoms with Gasteiger partial charge in [-0.1, -0.05) is 0 Å². The average molecular weight is 171 g/mol. The highest BCUT2D eigenvalue weighted by molar-refractivity contribution is 5.24. The Bertz CT molecular complexity index is 423. The van der Waals surface area contributed by atoms with Gasteiger partial charge in [-0.25, -0.2) is 14.6 Å². The summed E-state index contributed by atoms with van der Waals surface area (Å²) in [6.45, 7) is 0. The summed E-state index contributed by atoms with van der Waals surface area (Å²) in [7, 11) is 0. The van der Waals surface area contributed by atoms with Crippen LogP contribution in [0.5, 0.6) is 0 Å². The second kappa shape index (κ2) is 3.03. The van der Waals surface area contributed by atoms with Gasteiger partial charge in [0.05, 0.1) is 18.0 Å².